The van der Waals surface area contributed by atoms with Crippen LogP contribution in [0.25, 0.3) is 0 Å². The Morgan fingerprint density at radius 3 is 2.85 bits per heavy atom. The fraction of sp³-hybridized carbons (Fsp3) is 0.700. The molecule has 0 saturated carbocycles. The second kappa shape index (κ2) is 8.43. The van der Waals surface area contributed by atoms with Crippen molar-refractivity contribution in [3.8, 4) is 0 Å². The fourth-order valence-electron chi connectivity index (χ4n) is 4.38. The van der Waals surface area contributed by atoms with E-state index >= 15 is 0 Å². The van der Waals surface area contributed by atoms with Crippen molar-refractivity contribution < 1.29 is 14.3 Å². The molecule has 1 spiro atoms. The second-order valence-corrected chi connectivity index (χ2v) is 8.33. The van der Waals surface area contributed by atoms with Crippen LogP contribution in [-0.4, -0.2) is 71.8 Å². The van der Waals surface area contributed by atoms with Gasteiger partial charge in [0.2, 0.25) is 5.91 Å². The van der Waals surface area contributed by atoms with Crippen molar-refractivity contribution in [2.75, 3.05) is 39.4 Å². The number of carbonyl (C=O) groups is 1. The van der Waals surface area contributed by atoms with Crippen LogP contribution < -0.4 is 0 Å². The minimum Gasteiger partial charge on any atom is -0.376 e. The molecule has 0 radical (unpaired) electrons. The first-order valence-corrected chi connectivity index (χ1v) is 10.4. The summed E-state index contributed by atoms with van der Waals surface area (Å²) in [7, 11) is 0. The first-order valence-electron chi connectivity index (χ1n) is 9.98. The molecule has 1 atom stereocenters. The summed E-state index contributed by atoms with van der Waals surface area (Å²) >= 11 is 6.24. The molecule has 0 aliphatic carbocycles. The van der Waals surface area contributed by atoms with Crippen LogP contribution in [0.3, 0.4) is 0 Å². The predicted octanol–water partition coefficient (Wildman–Crippen LogP) is 2.50. The Morgan fingerprint density at radius 1 is 1.26 bits per heavy atom. The number of pyridine rings is 1. The molecule has 148 valence electrons. The molecule has 3 aliphatic heterocycles. The molecule has 4 rings (SSSR count). The molecule has 3 saturated heterocycles. The van der Waals surface area contributed by atoms with Crippen molar-refractivity contribution in [3.63, 3.8) is 0 Å². The molecule has 7 heteroatoms. The van der Waals surface area contributed by atoms with Crippen molar-refractivity contribution in [3.05, 3.63) is 29.0 Å². The van der Waals surface area contributed by atoms with E-state index in [0.717, 1.165) is 57.5 Å². The highest BCUT2D eigenvalue weighted by molar-refractivity contribution is 6.31. The van der Waals surface area contributed by atoms with Crippen molar-refractivity contribution in [1.82, 2.24) is 14.8 Å². The van der Waals surface area contributed by atoms with Gasteiger partial charge in [-0.1, -0.05) is 11.6 Å². The maximum absolute atomic E-state index is 12.8. The Labute approximate surface area is 165 Å². The Balaban J connectivity index is 1.32. The number of rotatable bonds is 4. The average Bonchev–Trinajstić information content (AvgIpc) is 3.12. The topological polar surface area (TPSA) is 54.9 Å². The lowest BCUT2D eigenvalue weighted by Gasteiger charge is -2.40. The van der Waals surface area contributed by atoms with Gasteiger partial charge in [-0.2, -0.15) is 0 Å². The third kappa shape index (κ3) is 4.62. The summed E-state index contributed by atoms with van der Waals surface area (Å²) in [5.41, 5.74) is 0.796. The lowest BCUT2D eigenvalue weighted by molar-refractivity contribution is -0.136. The number of nitrogens with zero attached hydrogens (tertiary/aromatic N) is 3. The SMILES string of the molecule is O=C1CC2(CCN(Cc3ccncc3Cl)CC2)OCCN1CC1CCCO1. The Morgan fingerprint density at radius 2 is 2.11 bits per heavy atom. The lowest BCUT2D eigenvalue weighted by Crippen LogP contribution is -2.47. The molecular formula is C20H28ClN3O3. The average molecular weight is 394 g/mol. The van der Waals surface area contributed by atoms with Crippen molar-refractivity contribution >= 4 is 17.5 Å². The number of aromatic nitrogens is 1. The highest BCUT2D eigenvalue weighted by atomic mass is 35.5. The van der Waals surface area contributed by atoms with Gasteiger partial charge in [0.25, 0.3) is 0 Å². The van der Waals surface area contributed by atoms with Crippen LogP contribution in [0.4, 0.5) is 0 Å². The summed E-state index contributed by atoms with van der Waals surface area (Å²) in [6.45, 7) is 5.48. The molecule has 0 aromatic carbocycles. The Bertz CT molecular complexity index is 658. The molecule has 1 aromatic heterocycles. The van der Waals surface area contributed by atoms with Crippen LogP contribution in [-0.2, 0) is 20.8 Å². The molecule has 1 aromatic rings. The van der Waals surface area contributed by atoms with Crippen LogP contribution in [0.2, 0.25) is 5.02 Å². The van der Waals surface area contributed by atoms with Crippen LogP contribution in [0.15, 0.2) is 18.5 Å². The summed E-state index contributed by atoms with van der Waals surface area (Å²) in [5, 5.41) is 0.712. The number of hydrogen-bond acceptors (Lipinski definition) is 5. The van der Waals surface area contributed by atoms with Gasteiger partial charge in [-0.15, -0.1) is 0 Å². The normalized spacial score (nSPS) is 26.5. The van der Waals surface area contributed by atoms with Gasteiger partial charge in [0.05, 0.1) is 29.8 Å². The zero-order valence-corrected chi connectivity index (χ0v) is 16.5. The summed E-state index contributed by atoms with van der Waals surface area (Å²) in [6, 6.07) is 1.97. The Kier molecular flexibility index (Phi) is 5.97. The van der Waals surface area contributed by atoms with Crippen LogP contribution in [0.1, 0.15) is 37.7 Å². The van der Waals surface area contributed by atoms with E-state index in [1.54, 1.807) is 12.4 Å². The molecule has 6 nitrogen and oxygen atoms in total. The first-order chi connectivity index (χ1) is 13.1. The maximum Gasteiger partial charge on any atom is 0.225 e. The largest absolute Gasteiger partial charge is 0.376 e. The third-order valence-electron chi connectivity index (χ3n) is 6.06. The van der Waals surface area contributed by atoms with Gasteiger partial charge in [-0.05, 0) is 37.3 Å². The van der Waals surface area contributed by atoms with Crippen LogP contribution in [0, 0.1) is 0 Å². The van der Waals surface area contributed by atoms with Gasteiger partial charge in [0.1, 0.15) is 0 Å². The second-order valence-electron chi connectivity index (χ2n) is 7.93. The number of hydrogen-bond donors (Lipinski definition) is 0. The zero-order chi connectivity index (χ0) is 18.7. The molecule has 0 N–H and O–H groups in total. The number of piperidine rings is 1. The quantitative estimate of drug-likeness (QED) is 0.786. The van der Waals surface area contributed by atoms with Crippen molar-refractivity contribution in [2.24, 2.45) is 0 Å². The standard InChI is InChI=1S/C20H28ClN3O3/c21-18-13-22-6-3-16(18)14-23-7-4-20(5-8-23)12-19(25)24(9-11-27-20)15-17-2-1-10-26-17/h3,6,13,17H,1-2,4-5,7-12,14-15H2. The summed E-state index contributed by atoms with van der Waals surface area (Å²) in [4.78, 5) is 21.2. The van der Waals surface area contributed by atoms with Crippen molar-refractivity contribution in [2.45, 2.75) is 50.4 Å². The maximum atomic E-state index is 12.8. The van der Waals surface area contributed by atoms with Gasteiger partial charge in [0.15, 0.2) is 0 Å². The summed E-state index contributed by atoms with van der Waals surface area (Å²) in [5.74, 6) is 0.216. The molecule has 0 bridgehead atoms. The van der Waals surface area contributed by atoms with E-state index in [9.17, 15) is 4.79 Å². The minimum absolute atomic E-state index is 0.204. The van der Waals surface area contributed by atoms with Crippen molar-refractivity contribution in [1.29, 1.82) is 0 Å². The molecule has 1 unspecified atom stereocenters. The van der Waals surface area contributed by atoms with E-state index in [-0.39, 0.29) is 17.6 Å². The van der Waals surface area contributed by atoms with E-state index in [4.69, 9.17) is 21.1 Å². The summed E-state index contributed by atoms with van der Waals surface area (Å²) < 4.78 is 12.0. The van der Waals surface area contributed by atoms with E-state index in [0.29, 0.717) is 31.1 Å². The first kappa shape index (κ1) is 19.1. The molecule has 4 heterocycles. The number of carbonyl (C=O) groups excluding carboxylic acids is 1. The van der Waals surface area contributed by atoms with Crippen LogP contribution in [0.5, 0.6) is 0 Å². The van der Waals surface area contributed by atoms with Gasteiger partial charge < -0.3 is 14.4 Å². The monoisotopic (exact) mass is 393 g/mol. The molecule has 1 amide bonds. The molecule has 3 aliphatic rings. The number of ether oxygens (including phenoxy) is 2. The fourth-order valence-corrected chi connectivity index (χ4v) is 4.55. The van der Waals surface area contributed by atoms with E-state index < -0.39 is 0 Å². The van der Waals surface area contributed by atoms with E-state index in [1.165, 1.54) is 0 Å². The molecule has 27 heavy (non-hydrogen) atoms. The predicted molar refractivity (Wildman–Crippen MR) is 103 cm³/mol. The number of halogens is 1. The Hall–Kier alpha value is -1.21. The number of amides is 1. The third-order valence-corrected chi connectivity index (χ3v) is 6.40. The molecule has 3 fully saturated rings. The van der Waals surface area contributed by atoms with Crippen LogP contribution >= 0.6 is 11.6 Å². The van der Waals surface area contributed by atoms with E-state index in [1.807, 2.05) is 11.0 Å². The highest BCUT2D eigenvalue weighted by Crippen LogP contribution is 2.33. The van der Waals surface area contributed by atoms with E-state index in [2.05, 4.69) is 9.88 Å². The van der Waals surface area contributed by atoms with Gasteiger partial charge >= 0.3 is 0 Å². The number of likely N-dealkylation sites (tertiary alicyclic amines) is 1. The highest BCUT2D eigenvalue weighted by Gasteiger charge is 2.41. The smallest absolute Gasteiger partial charge is 0.225 e. The van der Waals surface area contributed by atoms with Gasteiger partial charge in [-0.3, -0.25) is 14.7 Å². The van der Waals surface area contributed by atoms with Gasteiger partial charge in [-0.25, -0.2) is 0 Å². The van der Waals surface area contributed by atoms with Gasteiger partial charge in [0, 0.05) is 51.7 Å². The zero-order valence-electron chi connectivity index (χ0n) is 15.7. The minimum atomic E-state index is -0.305. The molecular weight excluding hydrogens is 366 g/mol. The lowest BCUT2D eigenvalue weighted by atomic mass is 9.87. The summed E-state index contributed by atoms with van der Waals surface area (Å²) in [6.07, 6.45) is 8.09.